The number of aromatic nitrogens is 2. The fraction of sp³-hybridized carbons (Fsp3) is 0.182. The van der Waals surface area contributed by atoms with Crippen molar-refractivity contribution < 1.29 is 14.3 Å². The number of amides is 1. The Morgan fingerprint density at radius 2 is 1.87 bits per heavy atom. The van der Waals surface area contributed by atoms with Gasteiger partial charge in [0.05, 0.1) is 19.7 Å². The zero-order chi connectivity index (χ0) is 22.2. The third kappa shape index (κ3) is 5.92. The summed E-state index contributed by atoms with van der Waals surface area (Å²) in [6, 6.07) is 15.0. The minimum Gasteiger partial charge on any atom is -0.493 e. The van der Waals surface area contributed by atoms with E-state index in [0.29, 0.717) is 29.4 Å². The molecule has 1 aromatic heterocycles. The molecule has 0 saturated heterocycles. The number of nitrogens with one attached hydrogen (secondary N) is 3. The summed E-state index contributed by atoms with van der Waals surface area (Å²) in [6.45, 7) is 1.96. The van der Waals surface area contributed by atoms with Crippen molar-refractivity contribution in [2.45, 2.75) is 20.0 Å². The van der Waals surface area contributed by atoms with E-state index in [1.54, 1.807) is 25.1 Å². The SMILES string of the molecule is COc1cc(/C=N\NC(=O)Cc2c(C)[nH]c(=O)[nH]c2=O)ccc1OCc1ccccc1. The molecule has 0 aliphatic heterocycles. The summed E-state index contributed by atoms with van der Waals surface area (Å²) >= 11 is 0. The van der Waals surface area contributed by atoms with Crippen LogP contribution in [0.25, 0.3) is 0 Å². The molecule has 1 heterocycles. The highest BCUT2D eigenvalue weighted by atomic mass is 16.5. The first-order chi connectivity index (χ1) is 15.0. The van der Waals surface area contributed by atoms with Crippen molar-refractivity contribution >= 4 is 12.1 Å². The van der Waals surface area contributed by atoms with Gasteiger partial charge in [0, 0.05) is 11.3 Å². The summed E-state index contributed by atoms with van der Waals surface area (Å²) < 4.78 is 11.2. The van der Waals surface area contributed by atoms with E-state index in [4.69, 9.17) is 9.47 Å². The van der Waals surface area contributed by atoms with Crippen molar-refractivity contribution in [3.8, 4) is 11.5 Å². The predicted octanol–water partition coefficient (Wildman–Crippen LogP) is 1.65. The molecule has 0 bridgehead atoms. The number of hydrazone groups is 1. The average Bonchev–Trinajstić information content (AvgIpc) is 2.76. The number of carbonyl (C=O) groups is 1. The molecule has 9 nitrogen and oxygen atoms in total. The van der Waals surface area contributed by atoms with Gasteiger partial charge >= 0.3 is 5.69 Å². The van der Waals surface area contributed by atoms with Crippen molar-refractivity contribution in [1.29, 1.82) is 0 Å². The largest absolute Gasteiger partial charge is 0.493 e. The van der Waals surface area contributed by atoms with Gasteiger partial charge in [-0.1, -0.05) is 30.3 Å². The highest BCUT2D eigenvalue weighted by Gasteiger charge is 2.11. The predicted molar refractivity (Wildman–Crippen MR) is 116 cm³/mol. The first kappa shape index (κ1) is 21.6. The van der Waals surface area contributed by atoms with Gasteiger partial charge in [-0.3, -0.25) is 14.6 Å². The standard InChI is InChI=1S/C22H22N4O5/c1-14-17(21(28)25-22(29)24-14)11-20(27)26-23-12-16-8-9-18(19(10-16)30-2)31-13-15-6-4-3-5-7-15/h3-10,12H,11,13H2,1-2H3,(H,26,27)(H2,24,25,28,29)/b23-12-. The van der Waals surface area contributed by atoms with Crippen LogP contribution in [0.15, 0.2) is 63.2 Å². The number of ether oxygens (including phenoxy) is 2. The van der Waals surface area contributed by atoms with Crippen LogP contribution in [0.4, 0.5) is 0 Å². The molecule has 0 atom stereocenters. The Labute approximate surface area is 177 Å². The number of hydrogen-bond acceptors (Lipinski definition) is 6. The lowest BCUT2D eigenvalue weighted by Gasteiger charge is -2.11. The maximum atomic E-state index is 12.1. The van der Waals surface area contributed by atoms with E-state index >= 15 is 0 Å². The number of carbonyl (C=O) groups excluding carboxylic acids is 1. The van der Waals surface area contributed by atoms with Crippen LogP contribution in [0, 0.1) is 6.92 Å². The lowest BCUT2D eigenvalue weighted by atomic mass is 10.1. The lowest BCUT2D eigenvalue weighted by Crippen LogP contribution is -2.30. The topological polar surface area (TPSA) is 126 Å². The fourth-order valence-electron chi connectivity index (χ4n) is 2.84. The van der Waals surface area contributed by atoms with E-state index in [-0.39, 0.29) is 12.0 Å². The highest BCUT2D eigenvalue weighted by Crippen LogP contribution is 2.28. The van der Waals surface area contributed by atoms with Gasteiger partial charge in [-0.15, -0.1) is 0 Å². The van der Waals surface area contributed by atoms with Crippen LogP contribution in [-0.2, 0) is 17.8 Å². The number of H-pyrrole nitrogens is 2. The minimum atomic E-state index is -0.616. The van der Waals surface area contributed by atoms with Crippen LogP contribution in [0.3, 0.4) is 0 Å². The van der Waals surface area contributed by atoms with Gasteiger partial charge in [0.2, 0.25) is 5.91 Å². The molecule has 0 saturated carbocycles. The van der Waals surface area contributed by atoms with E-state index in [1.807, 2.05) is 30.3 Å². The molecule has 3 aromatic rings. The zero-order valence-corrected chi connectivity index (χ0v) is 17.1. The number of rotatable bonds is 8. The van der Waals surface area contributed by atoms with Crippen molar-refractivity contribution in [1.82, 2.24) is 15.4 Å². The molecular weight excluding hydrogens is 400 g/mol. The molecule has 9 heteroatoms. The third-order valence-corrected chi connectivity index (χ3v) is 4.42. The molecule has 0 aliphatic carbocycles. The smallest absolute Gasteiger partial charge is 0.325 e. The maximum Gasteiger partial charge on any atom is 0.325 e. The summed E-state index contributed by atoms with van der Waals surface area (Å²) in [5, 5.41) is 3.91. The van der Waals surface area contributed by atoms with Gasteiger partial charge in [-0.05, 0) is 36.2 Å². The van der Waals surface area contributed by atoms with Crippen LogP contribution >= 0.6 is 0 Å². The third-order valence-electron chi connectivity index (χ3n) is 4.42. The lowest BCUT2D eigenvalue weighted by molar-refractivity contribution is -0.120. The second-order valence-corrected chi connectivity index (χ2v) is 6.67. The Balaban J connectivity index is 1.61. The second kappa shape index (κ2) is 10.1. The molecule has 3 N–H and O–H groups in total. The maximum absolute atomic E-state index is 12.1. The Hall–Kier alpha value is -4.14. The second-order valence-electron chi connectivity index (χ2n) is 6.67. The molecule has 2 aromatic carbocycles. The van der Waals surface area contributed by atoms with Crippen LogP contribution in [-0.4, -0.2) is 29.2 Å². The van der Waals surface area contributed by atoms with Crippen LogP contribution in [0.5, 0.6) is 11.5 Å². The zero-order valence-electron chi connectivity index (χ0n) is 17.1. The molecule has 0 radical (unpaired) electrons. The van der Waals surface area contributed by atoms with Gasteiger partial charge < -0.3 is 14.5 Å². The van der Waals surface area contributed by atoms with Crippen LogP contribution < -0.4 is 26.1 Å². The van der Waals surface area contributed by atoms with Gasteiger partial charge in [0.15, 0.2) is 11.5 Å². The van der Waals surface area contributed by atoms with Gasteiger partial charge in [0.1, 0.15) is 6.61 Å². The Kier molecular flexibility index (Phi) is 7.00. The molecule has 0 aliphatic rings. The molecule has 31 heavy (non-hydrogen) atoms. The number of methoxy groups -OCH3 is 1. The quantitative estimate of drug-likeness (QED) is 0.376. The number of benzene rings is 2. The van der Waals surface area contributed by atoms with E-state index in [9.17, 15) is 14.4 Å². The van der Waals surface area contributed by atoms with Gasteiger partial charge in [-0.25, -0.2) is 10.2 Å². The summed E-state index contributed by atoms with van der Waals surface area (Å²) in [5.74, 6) is 0.619. The number of aromatic amines is 2. The minimum absolute atomic E-state index is 0.175. The first-order valence-corrected chi connectivity index (χ1v) is 9.45. The Bertz CT molecular complexity index is 1200. The van der Waals surface area contributed by atoms with Crippen LogP contribution in [0.2, 0.25) is 0 Å². The Morgan fingerprint density at radius 3 is 2.58 bits per heavy atom. The van der Waals surface area contributed by atoms with Crippen molar-refractivity contribution in [3.05, 3.63) is 91.8 Å². The van der Waals surface area contributed by atoms with E-state index < -0.39 is 17.2 Å². The average molecular weight is 422 g/mol. The molecule has 0 unspecified atom stereocenters. The van der Waals surface area contributed by atoms with Crippen molar-refractivity contribution in [3.63, 3.8) is 0 Å². The normalized spacial score (nSPS) is 10.8. The summed E-state index contributed by atoms with van der Waals surface area (Å²) in [4.78, 5) is 39.7. The molecule has 3 rings (SSSR count). The van der Waals surface area contributed by atoms with E-state index in [2.05, 4.69) is 20.5 Å². The summed E-state index contributed by atoms with van der Waals surface area (Å²) in [6.07, 6.45) is 1.23. The first-order valence-electron chi connectivity index (χ1n) is 9.45. The number of aryl methyl sites for hydroxylation is 1. The highest BCUT2D eigenvalue weighted by molar-refractivity contribution is 5.84. The summed E-state index contributed by atoms with van der Waals surface area (Å²) in [7, 11) is 1.54. The molecule has 0 spiro atoms. The fourth-order valence-corrected chi connectivity index (χ4v) is 2.84. The van der Waals surface area contributed by atoms with Gasteiger partial charge in [0.25, 0.3) is 5.56 Å². The monoisotopic (exact) mass is 422 g/mol. The van der Waals surface area contributed by atoms with Gasteiger partial charge in [-0.2, -0.15) is 5.10 Å². The van der Waals surface area contributed by atoms with Crippen molar-refractivity contribution in [2.24, 2.45) is 5.10 Å². The van der Waals surface area contributed by atoms with Crippen LogP contribution in [0.1, 0.15) is 22.4 Å². The molecule has 160 valence electrons. The van der Waals surface area contributed by atoms with E-state index in [1.165, 1.54) is 13.3 Å². The molecule has 0 fully saturated rings. The number of nitrogens with zero attached hydrogens (tertiary/aromatic N) is 1. The number of hydrogen-bond donors (Lipinski definition) is 3. The van der Waals surface area contributed by atoms with E-state index in [0.717, 1.165) is 5.56 Å². The molecular formula is C22H22N4O5. The van der Waals surface area contributed by atoms with Crippen molar-refractivity contribution in [2.75, 3.05) is 7.11 Å². The molecule has 1 amide bonds. The summed E-state index contributed by atoms with van der Waals surface area (Å²) in [5.41, 5.74) is 3.38. The Morgan fingerprint density at radius 1 is 1.10 bits per heavy atom.